The third-order valence-corrected chi connectivity index (χ3v) is 3.57. The van der Waals surface area contributed by atoms with Crippen LogP contribution in [0.2, 0.25) is 5.02 Å². The van der Waals surface area contributed by atoms with E-state index < -0.39 is 6.03 Å². The number of phenolic OH excluding ortho intramolecular Hbond substituents is 1. The number of hydrogen-bond donors (Lipinski definition) is 3. The van der Waals surface area contributed by atoms with E-state index in [1.807, 2.05) is 6.92 Å². The van der Waals surface area contributed by atoms with Crippen molar-refractivity contribution in [3.8, 4) is 11.5 Å². The van der Waals surface area contributed by atoms with E-state index >= 15 is 0 Å². The van der Waals surface area contributed by atoms with Crippen LogP contribution in [-0.2, 0) is 6.61 Å². The lowest BCUT2D eigenvalue weighted by Gasteiger charge is -2.17. The molecule has 0 aromatic heterocycles. The molecule has 0 aliphatic carbocycles. The summed E-state index contributed by atoms with van der Waals surface area (Å²) in [5.74, 6) is 6.20. The number of rotatable bonds is 4. The predicted octanol–water partition coefficient (Wildman–Crippen LogP) is 3.27. The van der Waals surface area contributed by atoms with Gasteiger partial charge in [-0.2, -0.15) is 0 Å². The Bertz CT molecular complexity index is 720. The molecule has 7 heteroatoms. The smallest absolute Gasteiger partial charge is 0.335 e. The van der Waals surface area contributed by atoms with Crippen molar-refractivity contribution >= 4 is 23.3 Å². The number of urea groups is 1. The molecule has 0 saturated carbocycles. The van der Waals surface area contributed by atoms with Gasteiger partial charge in [0.15, 0.2) is 0 Å². The van der Waals surface area contributed by atoms with Gasteiger partial charge < -0.3 is 15.2 Å². The van der Waals surface area contributed by atoms with Gasteiger partial charge in [-0.3, -0.25) is 5.01 Å². The molecule has 122 valence electrons. The minimum absolute atomic E-state index is 0.162. The number of aromatic hydroxyl groups is 1. The molecule has 23 heavy (non-hydrogen) atoms. The molecule has 4 N–H and O–H groups in total. The summed E-state index contributed by atoms with van der Waals surface area (Å²) in [6.07, 6.45) is 0. The molecule has 6 nitrogen and oxygen atoms in total. The van der Waals surface area contributed by atoms with Gasteiger partial charge in [-0.25, -0.2) is 10.6 Å². The lowest BCUT2D eigenvalue weighted by Crippen LogP contribution is -2.37. The highest BCUT2D eigenvalue weighted by atomic mass is 35.5. The van der Waals surface area contributed by atoms with Crippen LogP contribution in [0.1, 0.15) is 11.1 Å². The number of halogens is 1. The first-order chi connectivity index (χ1) is 10.9. The van der Waals surface area contributed by atoms with E-state index in [0.717, 1.165) is 10.6 Å². The van der Waals surface area contributed by atoms with Gasteiger partial charge in [0, 0.05) is 17.6 Å². The Kier molecular flexibility index (Phi) is 5.31. The molecule has 0 aliphatic heterocycles. The second-order valence-corrected chi connectivity index (χ2v) is 5.45. The van der Waals surface area contributed by atoms with Crippen LogP contribution in [0.15, 0.2) is 36.4 Å². The molecule has 0 fully saturated rings. The highest BCUT2D eigenvalue weighted by Crippen LogP contribution is 2.28. The van der Waals surface area contributed by atoms with Crippen LogP contribution in [-0.4, -0.2) is 23.2 Å². The number of aryl methyl sites for hydroxylation is 1. The molecule has 0 aliphatic rings. The van der Waals surface area contributed by atoms with Gasteiger partial charge in [0.25, 0.3) is 0 Å². The quantitative estimate of drug-likeness (QED) is 0.454. The summed E-state index contributed by atoms with van der Waals surface area (Å²) < 4.78 is 5.75. The van der Waals surface area contributed by atoms with Gasteiger partial charge in [-0.15, -0.1) is 0 Å². The van der Waals surface area contributed by atoms with Crippen LogP contribution in [0.25, 0.3) is 0 Å². The van der Waals surface area contributed by atoms with Crippen LogP contribution in [0.3, 0.4) is 0 Å². The minimum atomic E-state index is -0.464. The van der Waals surface area contributed by atoms with Crippen LogP contribution in [0, 0.1) is 6.92 Å². The van der Waals surface area contributed by atoms with Crippen LogP contribution < -0.4 is 15.9 Å². The van der Waals surface area contributed by atoms with E-state index in [1.165, 1.54) is 7.05 Å². The van der Waals surface area contributed by atoms with Gasteiger partial charge in [0.2, 0.25) is 0 Å². The summed E-state index contributed by atoms with van der Waals surface area (Å²) in [6.45, 7) is 1.99. The van der Waals surface area contributed by atoms with Crippen LogP contribution >= 0.6 is 11.6 Å². The molecule has 2 rings (SSSR count). The Balaban J connectivity index is 2.20. The lowest BCUT2D eigenvalue weighted by atomic mass is 10.1. The summed E-state index contributed by atoms with van der Waals surface area (Å²) in [5.41, 5.74) is 1.96. The Morgan fingerprint density at radius 2 is 2.13 bits per heavy atom. The average Bonchev–Trinajstić information content (AvgIpc) is 2.48. The first-order valence-electron chi connectivity index (χ1n) is 6.87. The van der Waals surface area contributed by atoms with E-state index in [9.17, 15) is 9.90 Å². The molecule has 0 bridgehead atoms. The van der Waals surface area contributed by atoms with E-state index in [-0.39, 0.29) is 12.4 Å². The van der Waals surface area contributed by atoms with Crippen molar-refractivity contribution in [3.05, 3.63) is 52.5 Å². The number of ether oxygens (including phenoxy) is 1. The first-order valence-corrected chi connectivity index (χ1v) is 7.25. The zero-order chi connectivity index (χ0) is 17.0. The Morgan fingerprint density at radius 1 is 1.39 bits per heavy atom. The number of hydrogen-bond acceptors (Lipinski definition) is 4. The van der Waals surface area contributed by atoms with Crippen LogP contribution in [0.5, 0.6) is 11.5 Å². The van der Waals surface area contributed by atoms with Crippen molar-refractivity contribution in [2.45, 2.75) is 13.5 Å². The molecule has 0 spiro atoms. The van der Waals surface area contributed by atoms with Gasteiger partial charge in [-0.1, -0.05) is 17.7 Å². The van der Waals surface area contributed by atoms with Gasteiger partial charge in [0.05, 0.1) is 5.69 Å². The fourth-order valence-electron chi connectivity index (χ4n) is 1.97. The van der Waals surface area contributed by atoms with E-state index in [0.29, 0.717) is 22.0 Å². The summed E-state index contributed by atoms with van der Waals surface area (Å²) in [5, 5.41) is 13.5. The molecule has 2 aromatic rings. The van der Waals surface area contributed by atoms with E-state index in [4.69, 9.17) is 22.2 Å². The molecule has 0 radical (unpaired) electrons. The second kappa shape index (κ2) is 7.21. The molecule has 0 saturated heterocycles. The molecule has 2 aromatic carbocycles. The number of nitrogens with two attached hydrogens (primary N) is 1. The van der Waals surface area contributed by atoms with Crippen molar-refractivity contribution in [2.24, 2.45) is 5.84 Å². The van der Waals surface area contributed by atoms with E-state index in [2.05, 4.69) is 5.32 Å². The third kappa shape index (κ3) is 4.28. The molecule has 0 atom stereocenters. The molecular weight excluding hydrogens is 318 g/mol. The minimum Gasteiger partial charge on any atom is -0.508 e. The average molecular weight is 336 g/mol. The maximum absolute atomic E-state index is 11.7. The molecule has 0 unspecified atom stereocenters. The lowest BCUT2D eigenvalue weighted by molar-refractivity contribution is 0.223. The Hall–Kier alpha value is -2.44. The molecule has 0 heterocycles. The maximum atomic E-state index is 11.7. The Morgan fingerprint density at radius 3 is 2.78 bits per heavy atom. The number of hydrazine groups is 1. The largest absolute Gasteiger partial charge is 0.508 e. The maximum Gasteiger partial charge on any atom is 0.335 e. The van der Waals surface area contributed by atoms with Crippen molar-refractivity contribution in [2.75, 3.05) is 12.4 Å². The van der Waals surface area contributed by atoms with Gasteiger partial charge in [0.1, 0.15) is 18.1 Å². The zero-order valence-corrected chi connectivity index (χ0v) is 13.6. The SMILES string of the molecule is Cc1cc(O)ccc1OCc1c(Cl)cccc1NC(=O)N(C)N. The fourth-order valence-corrected chi connectivity index (χ4v) is 2.20. The van der Waals surface area contributed by atoms with Crippen molar-refractivity contribution in [1.82, 2.24) is 5.01 Å². The summed E-state index contributed by atoms with van der Waals surface area (Å²) in [7, 11) is 1.44. The highest BCUT2D eigenvalue weighted by molar-refractivity contribution is 6.31. The van der Waals surface area contributed by atoms with Crippen molar-refractivity contribution in [1.29, 1.82) is 0 Å². The number of nitrogens with one attached hydrogen (secondary N) is 1. The molecule has 2 amide bonds. The Labute approximate surface area is 139 Å². The van der Waals surface area contributed by atoms with Gasteiger partial charge >= 0.3 is 6.03 Å². The third-order valence-electron chi connectivity index (χ3n) is 3.21. The van der Waals surface area contributed by atoms with Gasteiger partial charge in [-0.05, 0) is 42.8 Å². The predicted molar refractivity (Wildman–Crippen MR) is 89.6 cm³/mol. The topological polar surface area (TPSA) is 87.8 Å². The normalized spacial score (nSPS) is 10.3. The number of nitrogens with zero attached hydrogens (tertiary/aromatic N) is 1. The number of benzene rings is 2. The standard InChI is InChI=1S/C16H18ClN3O3/c1-10-8-11(21)6-7-15(10)23-9-12-13(17)4-3-5-14(12)19-16(22)20(2)18/h3-8,21H,9,18H2,1-2H3,(H,19,22). The second-order valence-electron chi connectivity index (χ2n) is 5.05. The summed E-state index contributed by atoms with van der Waals surface area (Å²) in [4.78, 5) is 11.7. The monoisotopic (exact) mass is 335 g/mol. The van der Waals surface area contributed by atoms with Crippen molar-refractivity contribution in [3.63, 3.8) is 0 Å². The number of carbonyl (C=O) groups excluding carboxylic acids is 1. The van der Waals surface area contributed by atoms with Crippen LogP contribution in [0.4, 0.5) is 10.5 Å². The van der Waals surface area contributed by atoms with E-state index in [1.54, 1.807) is 36.4 Å². The number of phenols is 1. The number of amides is 2. The summed E-state index contributed by atoms with van der Waals surface area (Å²) in [6, 6.07) is 9.52. The fraction of sp³-hybridized carbons (Fsp3) is 0.188. The molecular formula is C16H18ClN3O3. The highest BCUT2D eigenvalue weighted by Gasteiger charge is 2.13. The number of carbonyl (C=O) groups is 1. The summed E-state index contributed by atoms with van der Waals surface area (Å²) >= 11 is 6.21. The van der Waals surface area contributed by atoms with Crippen molar-refractivity contribution < 1.29 is 14.6 Å². The first kappa shape index (κ1) is 16.9. The zero-order valence-electron chi connectivity index (χ0n) is 12.8. The number of anilines is 1.